The molecule has 1 fully saturated rings. The van der Waals surface area contributed by atoms with Gasteiger partial charge in [-0.2, -0.15) is 0 Å². The van der Waals surface area contributed by atoms with Crippen LogP contribution in [-0.2, 0) is 0 Å². The highest BCUT2D eigenvalue weighted by Gasteiger charge is 2.13. The smallest absolute Gasteiger partial charge is 0.00205 e. The summed E-state index contributed by atoms with van der Waals surface area (Å²) in [5.41, 5.74) is 0. The highest BCUT2D eigenvalue weighted by atomic mass is 14.9. The summed E-state index contributed by atoms with van der Waals surface area (Å²) in [5.74, 6) is 0.969. The van der Waals surface area contributed by atoms with Gasteiger partial charge in [0, 0.05) is 0 Å². The quantitative estimate of drug-likeness (QED) is 0.348. The van der Waals surface area contributed by atoms with Crippen LogP contribution >= 0.6 is 0 Å². The van der Waals surface area contributed by atoms with Gasteiger partial charge in [0.05, 0.1) is 0 Å². The Balaban J connectivity index is 1.65. The molecule has 0 atom stereocenters. The predicted octanol–water partition coefficient (Wildman–Crippen LogP) is 1.73. The molecule has 0 saturated heterocycles. The topological polar surface area (TPSA) is 48.1 Å². The van der Waals surface area contributed by atoms with E-state index in [2.05, 4.69) is 28.2 Å². The zero-order chi connectivity index (χ0) is 15.0. The van der Waals surface area contributed by atoms with Crippen molar-refractivity contribution in [3.8, 4) is 0 Å². The summed E-state index contributed by atoms with van der Waals surface area (Å²) in [6.45, 7) is 11.4. The minimum Gasteiger partial charge on any atom is -0.317 e. The molecule has 0 heterocycles. The fourth-order valence-electron chi connectivity index (χ4n) is 2.96. The van der Waals surface area contributed by atoms with Gasteiger partial charge >= 0.3 is 0 Å². The first kappa shape index (κ1) is 18.9. The van der Waals surface area contributed by atoms with Gasteiger partial charge in [-0.3, -0.25) is 0 Å². The van der Waals surface area contributed by atoms with Crippen LogP contribution in [0.15, 0.2) is 0 Å². The van der Waals surface area contributed by atoms with Crippen molar-refractivity contribution in [2.24, 2.45) is 5.92 Å². The Morgan fingerprint density at radius 1 is 0.667 bits per heavy atom. The molecule has 0 aliphatic heterocycles. The minimum absolute atomic E-state index is 0.969. The van der Waals surface area contributed by atoms with E-state index in [1.807, 2.05) is 0 Å². The summed E-state index contributed by atoms with van der Waals surface area (Å²) >= 11 is 0. The van der Waals surface area contributed by atoms with E-state index in [1.54, 1.807) is 0 Å². The number of hydrogen-bond acceptors (Lipinski definition) is 4. The molecule has 21 heavy (non-hydrogen) atoms. The van der Waals surface area contributed by atoms with Gasteiger partial charge in [0.25, 0.3) is 0 Å². The third-order valence-electron chi connectivity index (χ3n) is 4.28. The summed E-state index contributed by atoms with van der Waals surface area (Å²) < 4.78 is 0. The molecule has 0 radical (unpaired) electrons. The summed E-state index contributed by atoms with van der Waals surface area (Å²) in [6, 6.07) is 0. The SMILES string of the molecule is CCNCCCNCCCNCCCNCC1CCCC1. The maximum atomic E-state index is 3.60. The first-order valence-corrected chi connectivity index (χ1v) is 9.26. The molecule has 1 aliphatic rings. The van der Waals surface area contributed by atoms with Crippen LogP contribution in [0.2, 0.25) is 0 Å². The summed E-state index contributed by atoms with van der Waals surface area (Å²) in [4.78, 5) is 0. The predicted molar refractivity (Wildman–Crippen MR) is 93.0 cm³/mol. The van der Waals surface area contributed by atoms with Gasteiger partial charge in [0.1, 0.15) is 0 Å². The standard InChI is InChI=1S/C17H38N4/c1-2-18-10-5-11-19-12-6-13-20-14-7-15-21-16-17-8-3-4-9-17/h17-21H,2-16H2,1H3. The fraction of sp³-hybridized carbons (Fsp3) is 1.00. The van der Waals surface area contributed by atoms with Crippen molar-refractivity contribution < 1.29 is 0 Å². The second-order valence-corrected chi connectivity index (χ2v) is 6.27. The molecule has 0 unspecified atom stereocenters. The van der Waals surface area contributed by atoms with Crippen molar-refractivity contribution in [3.05, 3.63) is 0 Å². The Labute approximate surface area is 132 Å². The Morgan fingerprint density at radius 2 is 1.14 bits per heavy atom. The Kier molecular flexibility index (Phi) is 13.3. The van der Waals surface area contributed by atoms with Crippen LogP contribution in [0, 0.1) is 5.92 Å². The van der Waals surface area contributed by atoms with Gasteiger partial charge < -0.3 is 21.3 Å². The molecular weight excluding hydrogens is 260 g/mol. The maximum absolute atomic E-state index is 3.60. The van der Waals surface area contributed by atoms with Crippen molar-refractivity contribution in [2.75, 3.05) is 52.4 Å². The maximum Gasteiger partial charge on any atom is -0.00205 e. The monoisotopic (exact) mass is 298 g/mol. The van der Waals surface area contributed by atoms with E-state index in [0.717, 1.165) is 45.2 Å². The third kappa shape index (κ3) is 12.1. The lowest BCUT2D eigenvalue weighted by Gasteiger charge is -2.10. The van der Waals surface area contributed by atoms with Crippen molar-refractivity contribution in [2.45, 2.75) is 51.9 Å². The summed E-state index contributed by atoms with van der Waals surface area (Å²) in [5, 5.41) is 14.0. The zero-order valence-electron chi connectivity index (χ0n) is 14.2. The number of hydrogen-bond donors (Lipinski definition) is 4. The molecule has 0 amide bonds. The van der Waals surface area contributed by atoms with E-state index >= 15 is 0 Å². The Morgan fingerprint density at radius 3 is 1.67 bits per heavy atom. The van der Waals surface area contributed by atoms with Crippen LogP contribution in [-0.4, -0.2) is 52.4 Å². The van der Waals surface area contributed by atoms with Gasteiger partial charge in [-0.1, -0.05) is 19.8 Å². The largest absolute Gasteiger partial charge is 0.317 e. The van der Waals surface area contributed by atoms with Gasteiger partial charge in [-0.15, -0.1) is 0 Å². The molecule has 0 aromatic carbocycles. The molecule has 1 rings (SSSR count). The molecule has 1 aliphatic carbocycles. The lowest BCUT2D eigenvalue weighted by Crippen LogP contribution is -2.27. The lowest BCUT2D eigenvalue weighted by molar-refractivity contribution is 0.479. The molecule has 1 saturated carbocycles. The Hall–Kier alpha value is -0.160. The molecule has 4 heteroatoms. The van der Waals surface area contributed by atoms with Crippen LogP contribution in [0.4, 0.5) is 0 Å². The van der Waals surface area contributed by atoms with Crippen LogP contribution in [0.3, 0.4) is 0 Å². The molecule has 0 bridgehead atoms. The summed E-state index contributed by atoms with van der Waals surface area (Å²) in [6.07, 6.45) is 9.53. The molecular formula is C17H38N4. The summed E-state index contributed by atoms with van der Waals surface area (Å²) in [7, 11) is 0. The third-order valence-corrected chi connectivity index (χ3v) is 4.28. The van der Waals surface area contributed by atoms with E-state index < -0.39 is 0 Å². The van der Waals surface area contributed by atoms with Gasteiger partial charge in [-0.05, 0) is 90.4 Å². The molecule has 0 aromatic rings. The van der Waals surface area contributed by atoms with Crippen molar-refractivity contribution in [1.82, 2.24) is 21.3 Å². The van der Waals surface area contributed by atoms with Gasteiger partial charge in [-0.25, -0.2) is 0 Å². The van der Waals surface area contributed by atoms with Gasteiger partial charge in [0.15, 0.2) is 0 Å². The minimum atomic E-state index is 0.969. The molecule has 0 aromatic heterocycles. The van der Waals surface area contributed by atoms with E-state index in [1.165, 1.54) is 58.0 Å². The van der Waals surface area contributed by atoms with Crippen LogP contribution in [0.5, 0.6) is 0 Å². The molecule has 4 N–H and O–H groups in total. The average molecular weight is 299 g/mol. The second-order valence-electron chi connectivity index (χ2n) is 6.27. The first-order chi connectivity index (χ1) is 10.4. The Bertz CT molecular complexity index is 205. The normalized spacial score (nSPS) is 15.9. The van der Waals surface area contributed by atoms with E-state index in [9.17, 15) is 0 Å². The van der Waals surface area contributed by atoms with Crippen LogP contribution < -0.4 is 21.3 Å². The molecule has 0 spiro atoms. The highest BCUT2D eigenvalue weighted by Crippen LogP contribution is 2.23. The van der Waals surface area contributed by atoms with Crippen LogP contribution in [0.25, 0.3) is 0 Å². The lowest BCUT2D eigenvalue weighted by atomic mass is 10.1. The van der Waals surface area contributed by atoms with E-state index in [4.69, 9.17) is 0 Å². The molecule has 4 nitrogen and oxygen atoms in total. The molecule has 126 valence electrons. The van der Waals surface area contributed by atoms with E-state index in [0.29, 0.717) is 0 Å². The first-order valence-electron chi connectivity index (χ1n) is 9.26. The van der Waals surface area contributed by atoms with Crippen molar-refractivity contribution >= 4 is 0 Å². The average Bonchev–Trinajstić information content (AvgIpc) is 3.01. The fourth-order valence-corrected chi connectivity index (χ4v) is 2.96. The number of rotatable bonds is 15. The van der Waals surface area contributed by atoms with Crippen molar-refractivity contribution in [1.29, 1.82) is 0 Å². The van der Waals surface area contributed by atoms with Gasteiger partial charge in [0.2, 0.25) is 0 Å². The second kappa shape index (κ2) is 14.8. The highest BCUT2D eigenvalue weighted by molar-refractivity contribution is 4.69. The van der Waals surface area contributed by atoms with Crippen LogP contribution in [0.1, 0.15) is 51.9 Å². The van der Waals surface area contributed by atoms with E-state index in [-0.39, 0.29) is 0 Å². The number of nitrogens with one attached hydrogen (secondary N) is 4. The zero-order valence-corrected chi connectivity index (χ0v) is 14.2. The van der Waals surface area contributed by atoms with Crippen molar-refractivity contribution in [3.63, 3.8) is 0 Å².